The third-order valence-electron chi connectivity index (χ3n) is 5.55. The molecule has 2 amide bonds. The van der Waals surface area contributed by atoms with Crippen molar-refractivity contribution in [2.24, 2.45) is 0 Å². The normalized spacial score (nSPS) is 18.0. The van der Waals surface area contributed by atoms with E-state index in [4.69, 9.17) is 23.2 Å². The number of aromatic nitrogens is 2. The quantitative estimate of drug-likeness (QED) is 0.554. The van der Waals surface area contributed by atoms with Gasteiger partial charge in [-0.25, -0.2) is 4.98 Å². The lowest BCUT2D eigenvalue weighted by Crippen LogP contribution is -2.63. The van der Waals surface area contributed by atoms with Gasteiger partial charge in [0.25, 0.3) is 11.6 Å². The first kappa shape index (κ1) is 22.4. The second kappa shape index (κ2) is 7.67. The van der Waals surface area contributed by atoms with Gasteiger partial charge in [-0.05, 0) is 61.2 Å². The molecule has 32 heavy (non-hydrogen) atoms. The van der Waals surface area contributed by atoms with Crippen LogP contribution in [0, 0.1) is 13.8 Å². The van der Waals surface area contributed by atoms with Crippen LogP contribution in [0.4, 0.5) is 19.1 Å². The summed E-state index contributed by atoms with van der Waals surface area (Å²) >= 11 is 12.2. The summed E-state index contributed by atoms with van der Waals surface area (Å²) in [6.07, 6.45) is -5.52. The van der Waals surface area contributed by atoms with Crippen molar-refractivity contribution >= 4 is 52.0 Å². The molecule has 4 rings (SSSR count). The molecule has 0 spiro atoms. The van der Waals surface area contributed by atoms with E-state index in [1.165, 1.54) is 6.07 Å². The van der Waals surface area contributed by atoms with Crippen LogP contribution in [0.15, 0.2) is 30.3 Å². The Bertz CT molecular complexity index is 1250. The first-order chi connectivity index (χ1) is 15.0. The van der Waals surface area contributed by atoms with Gasteiger partial charge >= 0.3 is 6.18 Å². The zero-order valence-corrected chi connectivity index (χ0v) is 18.4. The van der Waals surface area contributed by atoms with Gasteiger partial charge in [-0.15, -0.1) is 0 Å². The van der Waals surface area contributed by atoms with Crippen LogP contribution in [-0.2, 0) is 21.7 Å². The molecule has 0 saturated heterocycles. The summed E-state index contributed by atoms with van der Waals surface area (Å²) in [7, 11) is 0. The second-order valence-electron chi connectivity index (χ2n) is 7.61. The van der Waals surface area contributed by atoms with E-state index >= 15 is 0 Å². The van der Waals surface area contributed by atoms with Crippen LogP contribution in [0.25, 0.3) is 11.0 Å². The lowest BCUT2D eigenvalue weighted by Gasteiger charge is -2.32. The molecule has 3 aromatic rings. The molecule has 1 aromatic heterocycles. The summed E-state index contributed by atoms with van der Waals surface area (Å²) < 4.78 is 44.0. The van der Waals surface area contributed by atoms with Crippen LogP contribution in [0.2, 0.25) is 10.0 Å². The summed E-state index contributed by atoms with van der Waals surface area (Å²) in [6.45, 7) is 3.54. The molecule has 2 heterocycles. The van der Waals surface area contributed by atoms with Crippen molar-refractivity contribution < 1.29 is 22.8 Å². The van der Waals surface area contributed by atoms with E-state index in [-0.39, 0.29) is 29.8 Å². The number of aryl methyl sites for hydroxylation is 2. The molecule has 0 saturated carbocycles. The molecule has 2 N–H and O–H groups in total. The first-order valence-corrected chi connectivity index (χ1v) is 10.3. The lowest BCUT2D eigenvalue weighted by molar-refractivity contribution is -0.217. The van der Waals surface area contributed by atoms with E-state index in [1.54, 1.807) is 38.1 Å². The molecule has 168 valence electrons. The monoisotopic (exact) mass is 484 g/mol. The van der Waals surface area contributed by atoms with Gasteiger partial charge in [-0.1, -0.05) is 29.3 Å². The van der Waals surface area contributed by atoms with Crippen molar-refractivity contribution in [3.05, 3.63) is 57.1 Å². The Kier molecular flexibility index (Phi) is 5.37. The largest absolute Gasteiger partial charge is 0.440 e. The third kappa shape index (κ3) is 3.40. The van der Waals surface area contributed by atoms with Crippen molar-refractivity contribution in [1.82, 2.24) is 14.9 Å². The van der Waals surface area contributed by atoms with E-state index in [0.717, 1.165) is 11.1 Å². The van der Waals surface area contributed by atoms with Crippen LogP contribution >= 0.6 is 23.2 Å². The molecule has 1 aliphatic rings. The van der Waals surface area contributed by atoms with Gasteiger partial charge in [0.2, 0.25) is 11.9 Å². The standard InChI is InChI=1S/C21H17Cl2F3N4O2/c1-10-8-15-16(9-11(10)2)30-19(27-15)28-18(32)20(30,21(24,25)26)29-17(31)7-6-12-13(22)4-3-5-14(12)23/h3-5,8-9H,6-7H2,1-2H3,(H,29,31)(H,27,28,32). The number of carbonyl (C=O) groups is 2. The number of fused-ring (bicyclic) bond motifs is 3. The molecule has 6 nitrogen and oxygen atoms in total. The predicted octanol–water partition coefficient (Wildman–Crippen LogP) is 4.88. The van der Waals surface area contributed by atoms with Gasteiger partial charge in [-0.3, -0.25) is 19.5 Å². The number of benzene rings is 2. The van der Waals surface area contributed by atoms with Crippen molar-refractivity contribution in [1.29, 1.82) is 0 Å². The molecule has 0 fully saturated rings. The number of hydrogen-bond acceptors (Lipinski definition) is 3. The van der Waals surface area contributed by atoms with Crippen LogP contribution in [0.1, 0.15) is 23.1 Å². The summed E-state index contributed by atoms with van der Waals surface area (Å²) in [5, 5.41) is 4.67. The van der Waals surface area contributed by atoms with Crippen molar-refractivity contribution in [3.63, 3.8) is 0 Å². The van der Waals surface area contributed by atoms with E-state index < -0.39 is 23.7 Å². The van der Waals surface area contributed by atoms with Crippen LogP contribution in [0.5, 0.6) is 0 Å². The van der Waals surface area contributed by atoms with Gasteiger partial charge in [0.1, 0.15) is 0 Å². The Morgan fingerprint density at radius 3 is 2.44 bits per heavy atom. The number of halogens is 5. The van der Waals surface area contributed by atoms with Crippen LogP contribution in [0.3, 0.4) is 0 Å². The summed E-state index contributed by atoms with van der Waals surface area (Å²) in [5.74, 6) is -2.72. The number of anilines is 1. The van der Waals surface area contributed by atoms with Gasteiger partial charge in [0.15, 0.2) is 0 Å². The minimum atomic E-state index is -5.15. The zero-order chi connectivity index (χ0) is 23.4. The molecule has 1 unspecified atom stereocenters. The Morgan fingerprint density at radius 2 is 1.81 bits per heavy atom. The van der Waals surface area contributed by atoms with Crippen LogP contribution < -0.4 is 10.6 Å². The summed E-state index contributed by atoms with van der Waals surface area (Å²) in [4.78, 5) is 29.4. The molecule has 0 aliphatic carbocycles. The predicted molar refractivity (Wildman–Crippen MR) is 115 cm³/mol. The van der Waals surface area contributed by atoms with Gasteiger partial charge in [-0.2, -0.15) is 13.2 Å². The van der Waals surface area contributed by atoms with Gasteiger partial charge in [0.05, 0.1) is 11.0 Å². The maximum Gasteiger partial charge on any atom is 0.440 e. The Morgan fingerprint density at radius 1 is 1.19 bits per heavy atom. The molecular weight excluding hydrogens is 468 g/mol. The number of nitrogens with one attached hydrogen (secondary N) is 2. The van der Waals surface area contributed by atoms with Gasteiger partial charge in [0, 0.05) is 16.5 Å². The number of carbonyl (C=O) groups excluding carboxylic acids is 2. The highest BCUT2D eigenvalue weighted by atomic mass is 35.5. The highest BCUT2D eigenvalue weighted by Gasteiger charge is 2.67. The number of amides is 2. The topological polar surface area (TPSA) is 76.0 Å². The molecule has 1 atom stereocenters. The van der Waals surface area contributed by atoms with E-state index in [9.17, 15) is 22.8 Å². The SMILES string of the molecule is Cc1cc2nc3n(c2cc1C)C(NC(=O)CCc1c(Cl)cccc1Cl)(C(F)(F)F)C(=O)N3. The Labute approximate surface area is 190 Å². The van der Waals surface area contributed by atoms with Crippen molar-refractivity contribution in [3.8, 4) is 0 Å². The molecule has 0 radical (unpaired) electrons. The molecule has 0 bridgehead atoms. The van der Waals surface area contributed by atoms with Gasteiger partial charge < -0.3 is 5.32 Å². The summed E-state index contributed by atoms with van der Waals surface area (Å²) in [6, 6.07) is 7.89. The first-order valence-electron chi connectivity index (χ1n) is 9.58. The molecule has 2 aromatic carbocycles. The van der Waals surface area contributed by atoms with E-state index in [1.807, 2.05) is 5.32 Å². The lowest BCUT2D eigenvalue weighted by atomic mass is 10.1. The number of alkyl halides is 3. The number of hydrogen-bond donors (Lipinski definition) is 2. The second-order valence-corrected chi connectivity index (χ2v) is 8.42. The van der Waals surface area contributed by atoms with E-state index in [2.05, 4.69) is 10.3 Å². The fraction of sp³-hybridized carbons (Fsp3) is 0.286. The smallest absolute Gasteiger partial charge is 0.317 e. The third-order valence-corrected chi connectivity index (χ3v) is 6.26. The fourth-order valence-corrected chi connectivity index (χ4v) is 4.35. The minimum Gasteiger partial charge on any atom is -0.317 e. The number of nitrogens with zero attached hydrogens (tertiary/aromatic N) is 2. The van der Waals surface area contributed by atoms with E-state index in [0.29, 0.717) is 20.2 Å². The average Bonchev–Trinajstić information content (AvgIpc) is 3.15. The maximum absolute atomic E-state index is 14.4. The zero-order valence-electron chi connectivity index (χ0n) is 16.9. The molecular formula is C21H17Cl2F3N4O2. The van der Waals surface area contributed by atoms with Crippen LogP contribution in [-0.4, -0.2) is 27.5 Å². The van der Waals surface area contributed by atoms with Crippen molar-refractivity contribution in [2.75, 3.05) is 5.32 Å². The number of rotatable bonds is 4. The Balaban J connectivity index is 1.74. The highest BCUT2D eigenvalue weighted by molar-refractivity contribution is 6.36. The molecule has 1 aliphatic heterocycles. The average molecular weight is 485 g/mol. The fourth-order valence-electron chi connectivity index (χ4n) is 3.76. The minimum absolute atomic E-state index is 0.00423. The number of imidazole rings is 1. The maximum atomic E-state index is 14.4. The summed E-state index contributed by atoms with van der Waals surface area (Å²) in [5.41, 5.74) is -1.00. The van der Waals surface area contributed by atoms with Crippen molar-refractivity contribution in [2.45, 2.75) is 38.5 Å². The molecule has 11 heteroatoms. The highest BCUT2D eigenvalue weighted by Crippen LogP contribution is 2.44. The Hall–Kier alpha value is -2.78.